The van der Waals surface area contributed by atoms with Crippen LogP contribution in [0.3, 0.4) is 0 Å². The Kier molecular flexibility index (Phi) is 4.85. The fraction of sp³-hybridized carbons (Fsp3) is 0. The third kappa shape index (κ3) is 3.71. The summed E-state index contributed by atoms with van der Waals surface area (Å²) in [5.41, 5.74) is 6.92. The number of hydrogen-bond acceptors (Lipinski definition) is 1. The standard InChI is InChI=1S/C24H18BrN/c25-21-15-20(18-9-3-1-4-10-18)16-22(17-21)26-24-14-8-7-13-23(24)19-11-5-2-6-12-19/h1-17,26H. The summed E-state index contributed by atoms with van der Waals surface area (Å²) in [5.74, 6) is 0. The van der Waals surface area contributed by atoms with E-state index >= 15 is 0 Å². The predicted octanol–water partition coefficient (Wildman–Crippen LogP) is 7.53. The van der Waals surface area contributed by atoms with Crippen LogP contribution < -0.4 is 5.32 Å². The smallest absolute Gasteiger partial charge is 0.0463 e. The Labute approximate surface area is 162 Å². The van der Waals surface area contributed by atoms with Crippen LogP contribution in [-0.2, 0) is 0 Å². The molecule has 0 aliphatic rings. The molecule has 0 aliphatic carbocycles. The summed E-state index contributed by atoms with van der Waals surface area (Å²) in [5, 5.41) is 3.59. The molecular weight excluding hydrogens is 382 g/mol. The van der Waals surface area contributed by atoms with Gasteiger partial charge in [-0.2, -0.15) is 0 Å². The van der Waals surface area contributed by atoms with Gasteiger partial charge in [-0.3, -0.25) is 0 Å². The number of para-hydroxylation sites is 1. The zero-order valence-corrected chi connectivity index (χ0v) is 15.8. The second kappa shape index (κ2) is 7.59. The Balaban J connectivity index is 1.72. The quantitative estimate of drug-likeness (QED) is 0.373. The summed E-state index contributed by atoms with van der Waals surface area (Å²) in [6.45, 7) is 0. The van der Waals surface area contributed by atoms with Crippen molar-refractivity contribution in [1.82, 2.24) is 0 Å². The van der Waals surface area contributed by atoms with E-state index in [-0.39, 0.29) is 0 Å². The number of anilines is 2. The lowest BCUT2D eigenvalue weighted by Gasteiger charge is -2.14. The Hall–Kier alpha value is -2.84. The molecule has 0 saturated heterocycles. The molecule has 0 amide bonds. The first kappa shape index (κ1) is 16.6. The highest BCUT2D eigenvalue weighted by Gasteiger charge is 2.07. The molecule has 0 heterocycles. The van der Waals surface area contributed by atoms with Crippen LogP contribution in [0.1, 0.15) is 0 Å². The summed E-state index contributed by atoms with van der Waals surface area (Å²) in [4.78, 5) is 0. The molecule has 1 N–H and O–H groups in total. The molecule has 0 bridgehead atoms. The first-order chi connectivity index (χ1) is 12.8. The SMILES string of the molecule is Brc1cc(Nc2ccccc2-c2ccccc2)cc(-c2ccccc2)c1. The van der Waals surface area contributed by atoms with E-state index in [1.165, 1.54) is 22.3 Å². The van der Waals surface area contributed by atoms with Crippen molar-refractivity contribution in [2.75, 3.05) is 5.32 Å². The maximum atomic E-state index is 3.65. The molecule has 4 aromatic carbocycles. The average molecular weight is 400 g/mol. The summed E-state index contributed by atoms with van der Waals surface area (Å²) in [7, 11) is 0. The molecule has 0 spiro atoms. The maximum absolute atomic E-state index is 3.65. The van der Waals surface area contributed by atoms with Gasteiger partial charge in [0.05, 0.1) is 0 Å². The monoisotopic (exact) mass is 399 g/mol. The van der Waals surface area contributed by atoms with E-state index in [0.717, 1.165) is 15.8 Å². The van der Waals surface area contributed by atoms with Crippen molar-refractivity contribution in [2.45, 2.75) is 0 Å². The van der Waals surface area contributed by atoms with E-state index in [4.69, 9.17) is 0 Å². The van der Waals surface area contributed by atoms with Crippen LogP contribution in [0.15, 0.2) is 108 Å². The van der Waals surface area contributed by atoms with Gasteiger partial charge < -0.3 is 5.32 Å². The summed E-state index contributed by atoms with van der Waals surface area (Å²) < 4.78 is 1.05. The number of benzene rings is 4. The highest BCUT2D eigenvalue weighted by Crippen LogP contribution is 2.33. The van der Waals surface area contributed by atoms with Gasteiger partial charge >= 0.3 is 0 Å². The molecular formula is C24H18BrN. The summed E-state index contributed by atoms with van der Waals surface area (Å²) in [6.07, 6.45) is 0. The largest absolute Gasteiger partial charge is 0.355 e. The molecule has 0 aromatic heterocycles. The van der Waals surface area contributed by atoms with Crippen molar-refractivity contribution in [2.24, 2.45) is 0 Å². The Bertz CT molecular complexity index is 1010. The van der Waals surface area contributed by atoms with Crippen molar-refractivity contribution >= 4 is 27.3 Å². The minimum Gasteiger partial charge on any atom is -0.355 e. The first-order valence-electron chi connectivity index (χ1n) is 8.57. The fourth-order valence-electron chi connectivity index (χ4n) is 3.08. The van der Waals surface area contributed by atoms with Crippen LogP contribution in [0.2, 0.25) is 0 Å². The molecule has 4 rings (SSSR count). The molecule has 0 fully saturated rings. The zero-order chi connectivity index (χ0) is 17.8. The Morgan fingerprint density at radius 3 is 1.88 bits per heavy atom. The summed E-state index contributed by atoms with van der Waals surface area (Å²) >= 11 is 3.65. The van der Waals surface area contributed by atoms with Crippen LogP contribution in [-0.4, -0.2) is 0 Å². The number of rotatable bonds is 4. The molecule has 0 atom stereocenters. The van der Waals surface area contributed by atoms with Gasteiger partial charge in [-0.1, -0.05) is 94.8 Å². The Morgan fingerprint density at radius 2 is 1.15 bits per heavy atom. The molecule has 1 nitrogen and oxygen atoms in total. The van der Waals surface area contributed by atoms with Gasteiger partial charge in [0, 0.05) is 21.4 Å². The maximum Gasteiger partial charge on any atom is 0.0463 e. The molecule has 0 unspecified atom stereocenters. The van der Waals surface area contributed by atoms with Crippen molar-refractivity contribution in [1.29, 1.82) is 0 Å². The lowest BCUT2D eigenvalue weighted by atomic mass is 10.0. The van der Waals surface area contributed by atoms with Gasteiger partial charge in [-0.05, 0) is 41.0 Å². The van der Waals surface area contributed by atoms with Gasteiger partial charge in [0.2, 0.25) is 0 Å². The molecule has 0 radical (unpaired) electrons. The minimum atomic E-state index is 1.05. The lowest BCUT2D eigenvalue weighted by molar-refractivity contribution is 1.51. The third-order valence-electron chi connectivity index (χ3n) is 4.30. The molecule has 0 aliphatic heterocycles. The van der Waals surface area contributed by atoms with Crippen molar-refractivity contribution in [3.8, 4) is 22.3 Å². The van der Waals surface area contributed by atoms with Crippen LogP contribution >= 0.6 is 15.9 Å². The minimum absolute atomic E-state index is 1.05. The Morgan fingerprint density at radius 1 is 0.538 bits per heavy atom. The second-order valence-corrected chi connectivity index (χ2v) is 7.05. The number of nitrogens with one attached hydrogen (secondary N) is 1. The fourth-order valence-corrected chi connectivity index (χ4v) is 3.57. The molecule has 0 saturated carbocycles. The molecule has 26 heavy (non-hydrogen) atoms. The van der Waals surface area contributed by atoms with E-state index in [2.05, 4.69) is 112 Å². The zero-order valence-electron chi connectivity index (χ0n) is 14.2. The van der Waals surface area contributed by atoms with Crippen molar-refractivity contribution in [3.05, 3.63) is 108 Å². The third-order valence-corrected chi connectivity index (χ3v) is 4.75. The van der Waals surface area contributed by atoms with E-state index in [0.29, 0.717) is 0 Å². The second-order valence-electron chi connectivity index (χ2n) is 6.13. The lowest BCUT2D eigenvalue weighted by Crippen LogP contribution is -1.94. The van der Waals surface area contributed by atoms with E-state index in [1.54, 1.807) is 0 Å². The van der Waals surface area contributed by atoms with E-state index in [1.807, 2.05) is 12.1 Å². The van der Waals surface area contributed by atoms with Gasteiger partial charge in [-0.15, -0.1) is 0 Å². The highest BCUT2D eigenvalue weighted by atomic mass is 79.9. The van der Waals surface area contributed by atoms with Crippen molar-refractivity contribution < 1.29 is 0 Å². The van der Waals surface area contributed by atoms with E-state index in [9.17, 15) is 0 Å². The molecule has 2 heteroatoms. The van der Waals surface area contributed by atoms with Gasteiger partial charge in [0.1, 0.15) is 0 Å². The van der Waals surface area contributed by atoms with Gasteiger partial charge in [0.15, 0.2) is 0 Å². The van der Waals surface area contributed by atoms with Crippen LogP contribution in [0.25, 0.3) is 22.3 Å². The number of halogens is 1. The highest BCUT2D eigenvalue weighted by molar-refractivity contribution is 9.10. The average Bonchev–Trinajstić information content (AvgIpc) is 2.69. The first-order valence-corrected chi connectivity index (χ1v) is 9.36. The van der Waals surface area contributed by atoms with Crippen molar-refractivity contribution in [3.63, 3.8) is 0 Å². The molecule has 4 aromatic rings. The number of hydrogen-bond donors (Lipinski definition) is 1. The molecule has 126 valence electrons. The van der Waals surface area contributed by atoms with E-state index < -0.39 is 0 Å². The van der Waals surface area contributed by atoms with Gasteiger partial charge in [0.25, 0.3) is 0 Å². The topological polar surface area (TPSA) is 12.0 Å². The van der Waals surface area contributed by atoms with Crippen LogP contribution in [0, 0.1) is 0 Å². The van der Waals surface area contributed by atoms with Crippen LogP contribution in [0.5, 0.6) is 0 Å². The summed E-state index contributed by atoms with van der Waals surface area (Å²) in [6, 6.07) is 35.7. The van der Waals surface area contributed by atoms with Gasteiger partial charge in [-0.25, -0.2) is 0 Å². The van der Waals surface area contributed by atoms with Crippen LogP contribution in [0.4, 0.5) is 11.4 Å². The predicted molar refractivity (Wildman–Crippen MR) is 115 cm³/mol. The normalized spacial score (nSPS) is 10.5.